The van der Waals surface area contributed by atoms with Gasteiger partial charge in [0.15, 0.2) is 5.82 Å². The van der Waals surface area contributed by atoms with Gasteiger partial charge < -0.3 is 5.11 Å². The van der Waals surface area contributed by atoms with E-state index in [0.29, 0.717) is 17.3 Å². The summed E-state index contributed by atoms with van der Waals surface area (Å²) >= 11 is 7.47. The molecule has 8 heteroatoms. The van der Waals surface area contributed by atoms with E-state index in [9.17, 15) is 4.79 Å². The number of thiophene rings is 1. The summed E-state index contributed by atoms with van der Waals surface area (Å²) in [5, 5.41) is 22.7. The van der Waals surface area contributed by atoms with Gasteiger partial charge in [-0.25, -0.2) is 4.68 Å². The van der Waals surface area contributed by atoms with E-state index < -0.39 is 5.97 Å². The van der Waals surface area contributed by atoms with Crippen LogP contribution in [0, 0.1) is 0 Å². The monoisotopic (exact) mass is 286 g/mol. The lowest BCUT2D eigenvalue weighted by Gasteiger charge is -2.13. The molecule has 0 radical (unpaired) electrons. The Hall–Kier alpha value is -1.47. The van der Waals surface area contributed by atoms with Gasteiger partial charge in [0, 0.05) is 0 Å². The number of aromatic nitrogens is 4. The maximum Gasteiger partial charge on any atom is 0.305 e. The molecule has 0 amide bonds. The minimum atomic E-state index is -0.874. The summed E-state index contributed by atoms with van der Waals surface area (Å²) in [6.07, 6.45) is 0.616. The molecule has 0 saturated carbocycles. The van der Waals surface area contributed by atoms with E-state index in [4.69, 9.17) is 16.7 Å². The fraction of sp³-hybridized carbons (Fsp3) is 0.400. The Morgan fingerprint density at radius 3 is 3.00 bits per heavy atom. The molecule has 0 spiro atoms. The van der Waals surface area contributed by atoms with Crippen LogP contribution in [0.2, 0.25) is 5.02 Å². The molecule has 2 rings (SSSR count). The Kier molecular flexibility index (Phi) is 3.93. The summed E-state index contributed by atoms with van der Waals surface area (Å²) in [6.45, 7) is 1.90. The van der Waals surface area contributed by atoms with Crippen LogP contribution in [0.5, 0.6) is 0 Å². The van der Waals surface area contributed by atoms with Crippen molar-refractivity contribution in [3.8, 4) is 10.7 Å². The number of carboxylic acid groups (broad SMARTS) is 1. The van der Waals surface area contributed by atoms with Crippen molar-refractivity contribution >= 4 is 28.9 Å². The predicted molar refractivity (Wildman–Crippen MR) is 67.7 cm³/mol. The van der Waals surface area contributed by atoms with Gasteiger partial charge in [-0.1, -0.05) is 18.5 Å². The molecule has 0 saturated heterocycles. The fourth-order valence-corrected chi connectivity index (χ4v) is 2.76. The van der Waals surface area contributed by atoms with Crippen LogP contribution in [-0.4, -0.2) is 31.3 Å². The molecule has 1 N–H and O–H groups in total. The Bertz CT molecular complexity index is 554. The second kappa shape index (κ2) is 5.45. The smallest absolute Gasteiger partial charge is 0.305 e. The number of rotatable bonds is 5. The van der Waals surface area contributed by atoms with Crippen molar-refractivity contribution in [3.63, 3.8) is 0 Å². The van der Waals surface area contributed by atoms with Crippen molar-refractivity contribution in [1.82, 2.24) is 20.2 Å². The number of hydrogen-bond donors (Lipinski definition) is 1. The molecule has 1 unspecified atom stereocenters. The largest absolute Gasteiger partial charge is 0.481 e. The van der Waals surface area contributed by atoms with Crippen molar-refractivity contribution in [3.05, 3.63) is 16.5 Å². The van der Waals surface area contributed by atoms with Crippen molar-refractivity contribution < 1.29 is 9.90 Å². The number of carbonyl (C=O) groups is 1. The van der Waals surface area contributed by atoms with Gasteiger partial charge in [-0.3, -0.25) is 4.79 Å². The van der Waals surface area contributed by atoms with Gasteiger partial charge in [0.25, 0.3) is 0 Å². The lowest BCUT2D eigenvalue weighted by Crippen LogP contribution is -2.15. The molecule has 0 aromatic carbocycles. The highest BCUT2D eigenvalue weighted by Gasteiger charge is 2.21. The quantitative estimate of drug-likeness (QED) is 0.913. The fourth-order valence-electron chi connectivity index (χ4n) is 1.65. The third kappa shape index (κ3) is 2.51. The van der Waals surface area contributed by atoms with Crippen LogP contribution in [-0.2, 0) is 4.79 Å². The van der Waals surface area contributed by atoms with Gasteiger partial charge in [-0.05, 0) is 28.3 Å². The van der Waals surface area contributed by atoms with Gasteiger partial charge >= 0.3 is 5.97 Å². The number of carboxylic acids is 1. The number of nitrogens with zero attached hydrogens (tertiary/aromatic N) is 4. The standard InChI is InChI=1S/C10H11ClN4O2S/c1-2-6(5-8(16)17)15-10(12-13-14-15)9-7(11)3-4-18-9/h3-4,6H,2,5H2,1H3,(H,16,17). The van der Waals surface area contributed by atoms with E-state index in [2.05, 4.69) is 15.5 Å². The Labute approximate surface area is 112 Å². The first-order valence-electron chi connectivity index (χ1n) is 5.36. The highest BCUT2D eigenvalue weighted by atomic mass is 35.5. The van der Waals surface area contributed by atoms with Crippen LogP contribution in [0.15, 0.2) is 11.4 Å². The maximum atomic E-state index is 10.8. The van der Waals surface area contributed by atoms with Gasteiger partial charge in [0.05, 0.1) is 22.4 Å². The molecule has 0 aliphatic heterocycles. The number of halogens is 1. The molecule has 0 aliphatic rings. The third-order valence-electron chi connectivity index (χ3n) is 2.54. The van der Waals surface area contributed by atoms with Gasteiger partial charge in [-0.2, -0.15) is 0 Å². The Morgan fingerprint density at radius 2 is 2.44 bits per heavy atom. The molecule has 2 heterocycles. The van der Waals surface area contributed by atoms with Crippen LogP contribution in [0.25, 0.3) is 10.7 Å². The average molecular weight is 287 g/mol. The summed E-state index contributed by atoms with van der Waals surface area (Å²) in [6, 6.07) is 1.49. The van der Waals surface area contributed by atoms with Gasteiger partial charge in [-0.15, -0.1) is 16.4 Å². The van der Waals surface area contributed by atoms with E-state index in [1.54, 1.807) is 6.07 Å². The molecular formula is C10H11ClN4O2S. The van der Waals surface area contributed by atoms with Crippen molar-refractivity contribution in [2.75, 3.05) is 0 Å². The molecule has 2 aromatic rings. The van der Waals surface area contributed by atoms with Crippen LogP contribution >= 0.6 is 22.9 Å². The second-order valence-electron chi connectivity index (χ2n) is 3.70. The topological polar surface area (TPSA) is 80.9 Å². The zero-order valence-corrected chi connectivity index (χ0v) is 11.1. The first-order chi connectivity index (χ1) is 8.63. The molecule has 1 atom stereocenters. The molecule has 6 nitrogen and oxygen atoms in total. The van der Waals surface area contributed by atoms with E-state index in [1.807, 2.05) is 12.3 Å². The lowest BCUT2D eigenvalue weighted by atomic mass is 10.1. The zero-order chi connectivity index (χ0) is 13.1. The molecule has 0 fully saturated rings. The summed E-state index contributed by atoms with van der Waals surface area (Å²) < 4.78 is 1.53. The summed E-state index contributed by atoms with van der Waals surface area (Å²) in [7, 11) is 0. The van der Waals surface area contributed by atoms with E-state index in [0.717, 1.165) is 4.88 Å². The predicted octanol–water partition coefficient (Wildman–Crippen LogP) is 2.48. The van der Waals surface area contributed by atoms with Crippen molar-refractivity contribution in [2.45, 2.75) is 25.8 Å². The Balaban J connectivity index is 2.38. The van der Waals surface area contributed by atoms with Gasteiger partial charge in [0.2, 0.25) is 0 Å². The first-order valence-corrected chi connectivity index (χ1v) is 6.62. The molecule has 2 aromatic heterocycles. The number of aliphatic carboxylic acids is 1. The lowest BCUT2D eigenvalue weighted by molar-refractivity contribution is -0.138. The summed E-state index contributed by atoms with van der Waals surface area (Å²) in [5.41, 5.74) is 0. The molecular weight excluding hydrogens is 276 g/mol. The van der Waals surface area contributed by atoms with Crippen LogP contribution < -0.4 is 0 Å². The minimum Gasteiger partial charge on any atom is -0.481 e. The normalized spacial score (nSPS) is 12.6. The number of tetrazole rings is 1. The zero-order valence-electron chi connectivity index (χ0n) is 9.58. The van der Waals surface area contributed by atoms with Gasteiger partial charge in [0.1, 0.15) is 0 Å². The number of hydrogen-bond acceptors (Lipinski definition) is 5. The second-order valence-corrected chi connectivity index (χ2v) is 5.03. The van der Waals surface area contributed by atoms with E-state index in [-0.39, 0.29) is 12.5 Å². The highest BCUT2D eigenvalue weighted by Crippen LogP contribution is 2.33. The van der Waals surface area contributed by atoms with Crippen molar-refractivity contribution in [2.24, 2.45) is 0 Å². The van der Waals surface area contributed by atoms with Crippen LogP contribution in [0.3, 0.4) is 0 Å². The van der Waals surface area contributed by atoms with Crippen LogP contribution in [0.1, 0.15) is 25.8 Å². The maximum absolute atomic E-state index is 10.8. The minimum absolute atomic E-state index is 0.0163. The Morgan fingerprint density at radius 1 is 1.67 bits per heavy atom. The molecule has 0 aliphatic carbocycles. The molecule has 18 heavy (non-hydrogen) atoms. The summed E-state index contributed by atoms with van der Waals surface area (Å²) in [5.74, 6) is -0.358. The summed E-state index contributed by atoms with van der Waals surface area (Å²) in [4.78, 5) is 11.6. The van der Waals surface area contributed by atoms with Crippen molar-refractivity contribution in [1.29, 1.82) is 0 Å². The average Bonchev–Trinajstić information content (AvgIpc) is 2.93. The molecule has 0 bridgehead atoms. The SMILES string of the molecule is CCC(CC(=O)O)n1nnnc1-c1sccc1Cl. The highest BCUT2D eigenvalue weighted by molar-refractivity contribution is 7.14. The van der Waals surface area contributed by atoms with Crippen LogP contribution in [0.4, 0.5) is 0 Å². The third-order valence-corrected chi connectivity index (χ3v) is 3.88. The first kappa shape index (κ1) is 13.0. The molecule has 96 valence electrons. The van der Waals surface area contributed by atoms with E-state index in [1.165, 1.54) is 16.0 Å². The van der Waals surface area contributed by atoms with E-state index >= 15 is 0 Å².